The SMILES string of the molecule is CCCc1ccc(-c2ccc(CCC(CC)c3ccccc3)cc2)cc1. The van der Waals surface area contributed by atoms with Gasteiger partial charge >= 0.3 is 0 Å². The molecule has 0 nitrogen and oxygen atoms in total. The molecule has 0 radical (unpaired) electrons. The normalized spacial score (nSPS) is 12.1. The van der Waals surface area contributed by atoms with Gasteiger partial charge in [0.05, 0.1) is 0 Å². The van der Waals surface area contributed by atoms with Crippen LogP contribution in [0, 0.1) is 0 Å². The van der Waals surface area contributed by atoms with E-state index in [2.05, 4.69) is 92.7 Å². The van der Waals surface area contributed by atoms with Crippen LogP contribution in [-0.2, 0) is 12.8 Å². The standard InChI is InChI=1S/C26H30/c1-3-8-21-12-17-25(18-13-21)26-19-14-22(15-20-26)11-16-23(4-2)24-9-6-5-7-10-24/h5-7,9-10,12-15,17-20,23H,3-4,8,11,16H2,1-2H3. The van der Waals surface area contributed by atoms with Crippen molar-refractivity contribution in [1.82, 2.24) is 0 Å². The molecule has 0 amide bonds. The van der Waals surface area contributed by atoms with Gasteiger partial charge < -0.3 is 0 Å². The first-order chi connectivity index (χ1) is 12.8. The molecule has 0 saturated carbocycles. The first kappa shape index (κ1) is 18.5. The summed E-state index contributed by atoms with van der Waals surface area (Å²) >= 11 is 0. The van der Waals surface area contributed by atoms with Crippen LogP contribution in [0.5, 0.6) is 0 Å². The number of rotatable bonds is 8. The molecule has 0 saturated heterocycles. The third kappa shape index (κ3) is 4.85. The Kier molecular flexibility index (Phi) is 6.66. The van der Waals surface area contributed by atoms with Crippen LogP contribution >= 0.6 is 0 Å². The van der Waals surface area contributed by atoms with E-state index in [0.29, 0.717) is 5.92 Å². The summed E-state index contributed by atoms with van der Waals surface area (Å²) in [6.45, 7) is 4.52. The predicted molar refractivity (Wildman–Crippen MR) is 114 cm³/mol. The van der Waals surface area contributed by atoms with Crippen LogP contribution in [0.2, 0.25) is 0 Å². The second-order valence-electron chi connectivity index (χ2n) is 7.20. The van der Waals surface area contributed by atoms with Gasteiger partial charge in [0.25, 0.3) is 0 Å². The molecule has 26 heavy (non-hydrogen) atoms. The van der Waals surface area contributed by atoms with Gasteiger partial charge in [0, 0.05) is 0 Å². The lowest BCUT2D eigenvalue weighted by Crippen LogP contribution is -1.99. The van der Waals surface area contributed by atoms with Crippen molar-refractivity contribution in [2.75, 3.05) is 0 Å². The van der Waals surface area contributed by atoms with Gasteiger partial charge in [-0.3, -0.25) is 0 Å². The van der Waals surface area contributed by atoms with E-state index in [0.717, 1.165) is 6.42 Å². The highest BCUT2D eigenvalue weighted by Gasteiger charge is 2.09. The molecule has 0 aromatic heterocycles. The number of benzene rings is 3. The first-order valence-corrected chi connectivity index (χ1v) is 10.0. The molecule has 1 atom stereocenters. The van der Waals surface area contributed by atoms with E-state index in [1.165, 1.54) is 53.5 Å². The molecule has 0 bridgehead atoms. The molecule has 1 unspecified atom stereocenters. The van der Waals surface area contributed by atoms with Gasteiger partial charge in [0.2, 0.25) is 0 Å². The van der Waals surface area contributed by atoms with E-state index in [1.54, 1.807) is 0 Å². The number of hydrogen-bond donors (Lipinski definition) is 0. The molecular weight excluding hydrogens is 312 g/mol. The summed E-state index contributed by atoms with van der Waals surface area (Å²) in [6.07, 6.45) is 5.93. The fourth-order valence-corrected chi connectivity index (χ4v) is 3.69. The fourth-order valence-electron chi connectivity index (χ4n) is 3.69. The fraction of sp³-hybridized carbons (Fsp3) is 0.308. The third-order valence-corrected chi connectivity index (χ3v) is 5.33. The summed E-state index contributed by atoms with van der Waals surface area (Å²) in [4.78, 5) is 0. The van der Waals surface area contributed by atoms with Crippen molar-refractivity contribution in [2.24, 2.45) is 0 Å². The van der Waals surface area contributed by atoms with Gasteiger partial charge in [-0.05, 0) is 59.4 Å². The Morgan fingerprint density at radius 3 is 1.65 bits per heavy atom. The second-order valence-corrected chi connectivity index (χ2v) is 7.20. The van der Waals surface area contributed by atoms with Crippen molar-refractivity contribution in [1.29, 1.82) is 0 Å². The maximum atomic E-state index is 2.30. The van der Waals surface area contributed by atoms with Crippen LogP contribution in [0.25, 0.3) is 11.1 Å². The quantitative estimate of drug-likeness (QED) is 0.399. The first-order valence-electron chi connectivity index (χ1n) is 10.0. The Bertz CT molecular complexity index is 767. The highest BCUT2D eigenvalue weighted by Crippen LogP contribution is 2.26. The molecule has 0 aliphatic rings. The van der Waals surface area contributed by atoms with E-state index < -0.39 is 0 Å². The van der Waals surface area contributed by atoms with Gasteiger partial charge in [-0.25, -0.2) is 0 Å². The van der Waals surface area contributed by atoms with Crippen LogP contribution in [0.3, 0.4) is 0 Å². The summed E-state index contributed by atoms with van der Waals surface area (Å²) in [7, 11) is 0. The lowest BCUT2D eigenvalue weighted by molar-refractivity contribution is 0.606. The third-order valence-electron chi connectivity index (χ3n) is 5.33. The number of hydrogen-bond acceptors (Lipinski definition) is 0. The van der Waals surface area contributed by atoms with Crippen LogP contribution in [0.15, 0.2) is 78.9 Å². The zero-order valence-electron chi connectivity index (χ0n) is 16.1. The van der Waals surface area contributed by atoms with Crippen LogP contribution in [-0.4, -0.2) is 0 Å². The highest BCUT2D eigenvalue weighted by atomic mass is 14.1. The van der Waals surface area contributed by atoms with Crippen molar-refractivity contribution < 1.29 is 0 Å². The Hall–Kier alpha value is -2.34. The molecule has 3 aromatic rings. The second kappa shape index (κ2) is 9.38. The average Bonchev–Trinajstić information content (AvgIpc) is 2.71. The van der Waals surface area contributed by atoms with Gasteiger partial charge in [0.15, 0.2) is 0 Å². The molecule has 134 valence electrons. The van der Waals surface area contributed by atoms with Crippen LogP contribution in [0.1, 0.15) is 55.7 Å². The van der Waals surface area contributed by atoms with Crippen molar-refractivity contribution in [3.05, 3.63) is 95.6 Å². The highest BCUT2D eigenvalue weighted by molar-refractivity contribution is 5.64. The van der Waals surface area contributed by atoms with Gasteiger partial charge in [0.1, 0.15) is 0 Å². The zero-order chi connectivity index (χ0) is 18.2. The lowest BCUT2D eigenvalue weighted by atomic mass is 9.90. The molecule has 0 aliphatic carbocycles. The van der Waals surface area contributed by atoms with Crippen molar-refractivity contribution in [3.8, 4) is 11.1 Å². The summed E-state index contributed by atoms with van der Waals surface area (Å²) < 4.78 is 0. The Labute approximate surface area is 158 Å². The average molecular weight is 343 g/mol. The summed E-state index contributed by atoms with van der Waals surface area (Å²) in [5, 5.41) is 0. The van der Waals surface area contributed by atoms with Crippen molar-refractivity contribution in [3.63, 3.8) is 0 Å². The van der Waals surface area contributed by atoms with Gasteiger partial charge in [-0.1, -0.05) is 99.1 Å². The molecule has 3 aromatic carbocycles. The van der Waals surface area contributed by atoms with E-state index in [9.17, 15) is 0 Å². The maximum Gasteiger partial charge on any atom is -0.0161 e. The van der Waals surface area contributed by atoms with E-state index in [-0.39, 0.29) is 0 Å². The maximum absolute atomic E-state index is 2.30. The smallest absolute Gasteiger partial charge is 0.0161 e. The largest absolute Gasteiger partial charge is 0.0651 e. The van der Waals surface area contributed by atoms with Crippen molar-refractivity contribution in [2.45, 2.75) is 51.9 Å². The molecule has 0 N–H and O–H groups in total. The van der Waals surface area contributed by atoms with Crippen LogP contribution in [0.4, 0.5) is 0 Å². The topological polar surface area (TPSA) is 0 Å². The van der Waals surface area contributed by atoms with Gasteiger partial charge in [-0.15, -0.1) is 0 Å². The molecule has 0 heteroatoms. The minimum absolute atomic E-state index is 0.655. The molecule has 0 spiro atoms. The molecule has 3 rings (SSSR count). The van der Waals surface area contributed by atoms with E-state index in [4.69, 9.17) is 0 Å². The Morgan fingerprint density at radius 1 is 0.615 bits per heavy atom. The summed E-state index contributed by atoms with van der Waals surface area (Å²) in [5.41, 5.74) is 6.96. The predicted octanol–water partition coefficient (Wildman–Crippen LogP) is 7.43. The Balaban J connectivity index is 1.62. The molecular formula is C26H30. The van der Waals surface area contributed by atoms with E-state index in [1.807, 2.05) is 0 Å². The van der Waals surface area contributed by atoms with Crippen LogP contribution < -0.4 is 0 Å². The monoisotopic (exact) mass is 342 g/mol. The molecule has 0 fully saturated rings. The zero-order valence-corrected chi connectivity index (χ0v) is 16.1. The van der Waals surface area contributed by atoms with E-state index >= 15 is 0 Å². The van der Waals surface area contributed by atoms with Gasteiger partial charge in [-0.2, -0.15) is 0 Å². The molecule has 0 heterocycles. The number of aryl methyl sites for hydroxylation is 2. The molecule has 0 aliphatic heterocycles. The minimum atomic E-state index is 0.655. The Morgan fingerprint density at radius 2 is 1.15 bits per heavy atom. The minimum Gasteiger partial charge on any atom is -0.0651 e. The summed E-state index contributed by atoms with van der Waals surface area (Å²) in [6, 6.07) is 29.1. The summed E-state index contributed by atoms with van der Waals surface area (Å²) in [5.74, 6) is 0.655. The lowest BCUT2D eigenvalue weighted by Gasteiger charge is -2.15. The van der Waals surface area contributed by atoms with Crippen molar-refractivity contribution >= 4 is 0 Å².